The highest BCUT2D eigenvalue weighted by Crippen LogP contribution is 2.36. The summed E-state index contributed by atoms with van der Waals surface area (Å²) >= 11 is 0. The van der Waals surface area contributed by atoms with Gasteiger partial charge in [0.15, 0.2) is 0 Å². The molecule has 0 aromatic carbocycles. The predicted octanol–water partition coefficient (Wildman–Crippen LogP) is 2.67. The average molecular weight is 384 g/mol. The van der Waals surface area contributed by atoms with Crippen LogP contribution in [0.2, 0.25) is 0 Å². The molecule has 0 aliphatic carbocycles. The topological polar surface area (TPSA) is 69.5 Å². The first-order valence-electron chi connectivity index (χ1n) is 10.1. The fourth-order valence-electron chi connectivity index (χ4n) is 4.27. The molecule has 2 aliphatic rings. The third-order valence-corrected chi connectivity index (χ3v) is 5.73. The Morgan fingerprint density at radius 3 is 3.11 bits per heavy atom. The van der Waals surface area contributed by atoms with Crippen LogP contribution in [-0.4, -0.2) is 52.4 Å². The largest absolute Gasteiger partial charge is 0.383 e. The quantitative estimate of drug-likeness (QED) is 0.793. The number of nitrogens with zero attached hydrogens (tertiary/aromatic N) is 4. The molecule has 2 aliphatic heterocycles. The van der Waals surface area contributed by atoms with Crippen molar-refractivity contribution in [2.75, 3.05) is 26.9 Å². The normalized spacial score (nSPS) is 19.5. The molecule has 28 heavy (non-hydrogen) atoms. The number of aromatic nitrogens is 3. The number of hydrogen-bond donors (Lipinski definition) is 0. The molecule has 7 nitrogen and oxygen atoms in total. The Hall–Kier alpha value is -2.25. The SMILES string of the molecule is COCCn1nc(C2CCCCN2C(=O)c2ncccc2C)c2c1CCOC2. The van der Waals surface area contributed by atoms with Gasteiger partial charge in [-0.25, -0.2) is 0 Å². The molecule has 0 radical (unpaired) electrons. The fourth-order valence-corrected chi connectivity index (χ4v) is 4.27. The molecule has 2 aromatic heterocycles. The van der Waals surface area contributed by atoms with Gasteiger partial charge in [0.2, 0.25) is 0 Å². The van der Waals surface area contributed by atoms with E-state index in [-0.39, 0.29) is 11.9 Å². The monoisotopic (exact) mass is 384 g/mol. The number of carbonyl (C=O) groups excluding carboxylic acids is 1. The van der Waals surface area contributed by atoms with Gasteiger partial charge < -0.3 is 14.4 Å². The van der Waals surface area contributed by atoms with Gasteiger partial charge in [-0.3, -0.25) is 14.5 Å². The third kappa shape index (κ3) is 3.56. The maximum Gasteiger partial charge on any atom is 0.273 e. The highest BCUT2D eigenvalue weighted by Gasteiger charge is 2.35. The van der Waals surface area contributed by atoms with Gasteiger partial charge >= 0.3 is 0 Å². The van der Waals surface area contributed by atoms with Crippen molar-refractivity contribution in [3.63, 3.8) is 0 Å². The summed E-state index contributed by atoms with van der Waals surface area (Å²) in [5.41, 5.74) is 4.83. The second-order valence-electron chi connectivity index (χ2n) is 7.51. The molecule has 1 unspecified atom stereocenters. The van der Waals surface area contributed by atoms with E-state index in [1.807, 2.05) is 24.0 Å². The molecule has 7 heteroatoms. The molecule has 4 rings (SSSR count). The van der Waals surface area contributed by atoms with Crippen molar-refractivity contribution in [2.45, 2.75) is 51.8 Å². The minimum atomic E-state index is -0.0260. The molecule has 2 aromatic rings. The van der Waals surface area contributed by atoms with Crippen LogP contribution >= 0.6 is 0 Å². The summed E-state index contributed by atoms with van der Waals surface area (Å²) in [5.74, 6) is -0.000260. The van der Waals surface area contributed by atoms with E-state index in [0.717, 1.165) is 55.6 Å². The van der Waals surface area contributed by atoms with Crippen molar-refractivity contribution in [2.24, 2.45) is 0 Å². The Balaban J connectivity index is 1.69. The lowest BCUT2D eigenvalue weighted by Gasteiger charge is -2.35. The molecule has 0 spiro atoms. The minimum absolute atomic E-state index is 0.000260. The van der Waals surface area contributed by atoms with Gasteiger partial charge in [-0.15, -0.1) is 0 Å². The van der Waals surface area contributed by atoms with E-state index >= 15 is 0 Å². The number of likely N-dealkylation sites (tertiary alicyclic amines) is 1. The van der Waals surface area contributed by atoms with E-state index in [1.165, 1.54) is 5.69 Å². The Kier molecular flexibility index (Phi) is 5.73. The first-order valence-corrected chi connectivity index (χ1v) is 10.1. The third-order valence-electron chi connectivity index (χ3n) is 5.73. The molecule has 150 valence electrons. The van der Waals surface area contributed by atoms with Crippen LogP contribution in [0.15, 0.2) is 18.3 Å². The number of pyridine rings is 1. The van der Waals surface area contributed by atoms with Crippen molar-refractivity contribution in [1.82, 2.24) is 19.7 Å². The zero-order chi connectivity index (χ0) is 19.5. The predicted molar refractivity (Wildman–Crippen MR) is 104 cm³/mol. The highest BCUT2D eigenvalue weighted by atomic mass is 16.5. The number of piperidine rings is 1. The number of methoxy groups -OCH3 is 1. The van der Waals surface area contributed by atoms with Crippen LogP contribution in [-0.2, 0) is 29.0 Å². The molecule has 1 fully saturated rings. The van der Waals surface area contributed by atoms with Gasteiger partial charge in [0, 0.05) is 37.5 Å². The van der Waals surface area contributed by atoms with Crippen molar-refractivity contribution in [1.29, 1.82) is 0 Å². The second-order valence-corrected chi connectivity index (χ2v) is 7.51. The summed E-state index contributed by atoms with van der Waals surface area (Å²) in [6, 6.07) is 3.78. The maximum absolute atomic E-state index is 13.3. The highest BCUT2D eigenvalue weighted by molar-refractivity contribution is 5.94. The number of rotatable bonds is 5. The van der Waals surface area contributed by atoms with Crippen LogP contribution in [0.3, 0.4) is 0 Å². The molecule has 0 bridgehead atoms. The molecular weight excluding hydrogens is 356 g/mol. The Labute approximate surface area is 165 Å². The van der Waals surface area contributed by atoms with Crippen LogP contribution in [0.25, 0.3) is 0 Å². The van der Waals surface area contributed by atoms with Crippen LogP contribution in [0.1, 0.15) is 58.3 Å². The molecule has 1 atom stereocenters. The summed E-state index contributed by atoms with van der Waals surface area (Å²) < 4.78 is 13.1. The lowest BCUT2D eigenvalue weighted by atomic mass is 9.94. The molecule has 4 heterocycles. The van der Waals surface area contributed by atoms with Crippen LogP contribution < -0.4 is 0 Å². The van der Waals surface area contributed by atoms with Gasteiger partial charge in [-0.1, -0.05) is 6.07 Å². The van der Waals surface area contributed by atoms with Crippen molar-refractivity contribution >= 4 is 5.91 Å². The standard InChI is InChI=1S/C21H28N4O3/c1-15-6-5-9-22-19(15)21(26)24-10-4-3-7-18(24)20-16-14-28-12-8-17(16)25(23-20)11-13-27-2/h5-6,9,18H,3-4,7-8,10-14H2,1-2H3. The van der Waals surface area contributed by atoms with E-state index < -0.39 is 0 Å². The van der Waals surface area contributed by atoms with Crippen LogP contribution in [0, 0.1) is 6.92 Å². The van der Waals surface area contributed by atoms with Crippen molar-refractivity contribution < 1.29 is 14.3 Å². The van der Waals surface area contributed by atoms with Gasteiger partial charge in [0.05, 0.1) is 38.1 Å². The van der Waals surface area contributed by atoms with E-state index in [9.17, 15) is 4.79 Å². The second kappa shape index (κ2) is 8.41. The summed E-state index contributed by atoms with van der Waals surface area (Å²) in [7, 11) is 1.71. The first kappa shape index (κ1) is 19.1. The Bertz CT molecular complexity index is 848. The maximum atomic E-state index is 13.3. The van der Waals surface area contributed by atoms with Gasteiger partial charge in [-0.2, -0.15) is 5.10 Å². The first-order chi connectivity index (χ1) is 13.7. The minimum Gasteiger partial charge on any atom is -0.383 e. The van der Waals surface area contributed by atoms with E-state index in [0.29, 0.717) is 25.5 Å². The molecule has 0 saturated carbocycles. The Morgan fingerprint density at radius 1 is 1.39 bits per heavy atom. The summed E-state index contributed by atoms with van der Waals surface area (Å²) in [6.07, 6.45) is 5.57. The average Bonchev–Trinajstić information content (AvgIpc) is 3.11. The summed E-state index contributed by atoms with van der Waals surface area (Å²) in [4.78, 5) is 19.7. The van der Waals surface area contributed by atoms with E-state index in [2.05, 4.69) is 9.67 Å². The van der Waals surface area contributed by atoms with Crippen LogP contribution in [0.5, 0.6) is 0 Å². The van der Waals surface area contributed by atoms with Gasteiger partial charge in [0.1, 0.15) is 5.69 Å². The molecule has 0 N–H and O–H groups in total. The fraction of sp³-hybridized carbons (Fsp3) is 0.571. The number of ether oxygens (including phenoxy) is 2. The number of carbonyl (C=O) groups is 1. The van der Waals surface area contributed by atoms with Gasteiger partial charge in [0.25, 0.3) is 5.91 Å². The zero-order valence-corrected chi connectivity index (χ0v) is 16.7. The van der Waals surface area contributed by atoms with Crippen LogP contribution in [0.4, 0.5) is 0 Å². The van der Waals surface area contributed by atoms with E-state index in [1.54, 1.807) is 13.3 Å². The molecule has 1 amide bonds. The Morgan fingerprint density at radius 2 is 2.29 bits per heavy atom. The van der Waals surface area contributed by atoms with Gasteiger partial charge in [-0.05, 0) is 37.8 Å². The zero-order valence-electron chi connectivity index (χ0n) is 16.7. The van der Waals surface area contributed by atoms with E-state index in [4.69, 9.17) is 14.6 Å². The molecular formula is C21H28N4O3. The smallest absolute Gasteiger partial charge is 0.273 e. The summed E-state index contributed by atoms with van der Waals surface area (Å²) in [5, 5.41) is 4.94. The number of amides is 1. The summed E-state index contributed by atoms with van der Waals surface area (Å²) in [6.45, 7) is 5.30. The lowest BCUT2D eigenvalue weighted by Crippen LogP contribution is -2.40. The molecule has 1 saturated heterocycles. The van der Waals surface area contributed by atoms with Crippen molar-refractivity contribution in [3.8, 4) is 0 Å². The number of aryl methyl sites for hydroxylation is 1. The number of hydrogen-bond acceptors (Lipinski definition) is 5. The van der Waals surface area contributed by atoms with Crippen molar-refractivity contribution in [3.05, 3.63) is 46.5 Å². The number of fused-ring (bicyclic) bond motifs is 1. The lowest BCUT2D eigenvalue weighted by molar-refractivity contribution is 0.0589.